The third-order valence-corrected chi connectivity index (χ3v) is 7.30. The average Bonchev–Trinajstić information content (AvgIpc) is 3.62. The van der Waals surface area contributed by atoms with Gasteiger partial charge in [-0.1, -0.05) is 42.5 Å². The van der Waals surface area contributed by atoms with E-state index < -0.39 is 5.97 Å². The number of carboxylic acids is 1. The number of likely N-dealkylation sites (tertiary alicyclic amines) is 1. The Morgan fingerprint density at radius 1 is 1.12 bits per heavy atom. The molecule has 1 heterocycles. The minimum atomic E-state index is -0.737. The van der Waals surface area contributed by atoms with Crippen LogP contribution in [-0.2, 0) is 4.79 Å². The van der Waals surface area contributed by atoms with E-state index in [1.165, 1.54) is 18.4 Å². The molecule has 0 amide bonds. The lowest BCUT2D eigenvalue weighted by molar-refractivity contribution is -0.137. The quantitative estimate of drug-likeness (QED) is 0.567. The van der Waals surface area contributed by atoms with Gasteiger partial charge in [0.1, 0.15) is 11.8 Å². The molecule has 2 aromatic carbocycles. The number of benzene rings is 2. The Morgan fingerprint density at radius 3 is 2.56 bits per heavy atom. The van der Waals surface area contributed by atoms with Crippen molar-refractivity contribution in [1.82, 2.24) is 4.90 Å². The van der Waals surface area contributed by atoms with Gasteiger partial charge in [0.2, 0.25) is 0 Å². The van der Waals surface area contributed by atoms with Gasteiger partial charge in [0, 0.05) is 12.0 Å². The second-order valence-corrected chi connectivity index (χ2v) is 9.43. The van der Waals surface area contributed by atoms with Crippen molar-refractivity contribution in [2.24, 2.45) is 11.3 Å². The minimum absolute atomic E-state index is 0.0755. The number of nitriles is 1. The molecule has 5 heteroatoms. The van der Waals surface area contributed by atoms with Crippen LogP contribution in [0.15, 0.2) is 54.6 Å². The van der Waals surface area contributed by atoms with E-state index >= 15 is 0 Å². The number of hydrogen-bond donors (Lipinski definition) is 1. The van der Waals surface area contributed by atoms with Crippen molar-refractivity contribution in [3.63, 3.8) is 0 Å². The minimum Gasteiger partial charge on any atom is -0.492 e. The third kappa shape index (κ3) is 5.69. The average molecular weight is 433 g/mol. The van der Waals surface area contributed by atoms with Gasteiger partial charge in [-0.15, -0.1) is 0 Å². The molecule has 2 aliphatic rings. The van der Waals surface area contributed by atoms with E-state index in [4.69, 9.17) is 9.84 Å². The lowest BCUT2D eigenvalue weighted by atomic mass is 9.74. The number of nitrogens with zero attached hydrogens (tertiary/aromatic N) is 2. The van der Waals surface area contributed by atoms with Crippen molar-refractivity contribution in [3.05, 3.63) is 65.7 Å². The maximum atomic E-state index is 10.9. The molecule has 32 heavy (non-hydrogen) atoms. The Balaban J connectivity index is 1.38. The molecule has 2 fully saturated rings. The summed E-state index contributed by atoms with van der Waals surface area (Å²) in [6.07, 6.45) is 5.78. The van der Waals surface area contributed by atoms with Crippen LogP contribution >= 0.6 is 0 Å². The fraction of sp³-hybridized carbons (Fsp3) is 0.481. The van der Waals surface area contributed by atoms with Crippen LogP contribution in [0.4, 0.5) is 0 Å². The standard InChI is InChI=1S/C27H32N2O3/c28-19-23-8-4-5-9-25(23)32-20-27(13-16-29(17-14-27)15-11-26(30)31)12-10-22-18-24(22)21-6-2-1-3-7-21/h1-9,22,24H,10-18,20H2,(H,30,31)/t22-,24?/m1/s1. The van der Waals surface area contributed by atoms with Crippen LogP contribution in [0.1, 0.15) is 55.6 Å². The van der Waals surface area contributed by atoms with Crippen LogP contribution < -0.4 is 4.74 Å². The molecule has 0 radical (unpaired) electrons. The summed E-state index contributed by atoms with van der Waals surface area (Å²) in [7, 11) is 0. The van der Waals surface area contributed by atoms with E-state index in [1.807, 2.05) is 18.2 Å². The number of carbonyl (C=O) groups is 1. The topological polar surface area (TPSA) is 73.6 Å². The van der Waals surface area contributed by atoms with Gasteiger partial charge in [-0.3, -0.25) is 4.79 Å². The van der Waals surface area contributed by atoms with Gasteiger partial charge in [-0.05, 0) is 74.7 Å². The lowest BCUT2D eigenvalue weighted by Gasteiger charge is -2.42. The Bertz CT molecular complexity index is 945. The molecule has 1 saturated carbocycles. The summed E-state index contributed by atoms with van der Waals surface area (Å²) in [5.74, 6) is 1.35. The molecule has 2 atom stereocenters. The summed E-state index contributed by atoms with van der Waals surface area (Å²) in [5.41, 5.74) is 2.11. The van der Waals surface area contributed by atoms with Crippen LogP contribution in [0.25, 0.3) is 0 Å². The first kappa shape index (κ1) is 22.4. The molecule has 1 saturated heterocycles. The van der Waals surface area contributed by atoms with Crippen molar-refractivity contribution < 1.29 is 14.6 Å². The van der Waals surface area contributed by atoms with Crippen molar-refractivity contribution >= 4 is 5.97 Å². The maximum Gasteiger partial charge on any atom is 0.304 e. The predicted octanol–water partition coefficient (Wildman–Crippen LogP) is 5.08. The molecule has 0 spiro atoms. The summed E-state index contributed by atoms with van der Waals surface area (Å²) in [5, 5.41) is 18.4. The number of carboxylic acid groups (broad SMARTS) is 1. The highest BCUT2D eigenvalue weighted by Crippen LogP contribution is 2.52. The Kier molecular flexibility index (Phi) is 7.12. The molecule has 2 aromatic rings. The SMILES string of the molecule is N#Cc1ccccc1OCC1(CC[C@@H]2CC2c2ccccc2)CCN(CCC(=O)O)CC1. The zero-order chi connectivity index (χ0) is 22.4. The van der Waals surface area contributed by atoms with E-state index in [9.17, 15) is 10.1 Å². The molecule has 1 unspecified atom stereocenters. The van der Waals surface area contributed by atoms with Crippen molar-refractivity contribution in [1.29, 1.82) is 5.26 Å². The fourth-order valence-corrected chi connectivity index (χ4v) is 5.05. The van der Waals surface area contributed by atoms with Crippen LogP contribution in [0.2, 0.25) is 0 Å². The van der Waals surface area contributed by atoms with E-state index in [0.717, 1.165) is 38.3 Å². The smallest absolute Gasteiger partial charge is 0.304 e. The summed E-state index contributed by atoms with van der Waals surface area (Å²) < 4.78 is 6.23. The van der Waals surface area contributed by atoms with Crippen LogP contribution in [0.5, 0.6) is 5.75 Å². The molecule has 168 valence electrons. The second kappa shape index (κ2) is 10.2. The fourth-order valence-electron chi connectivity index (χ4n) is 5.05. The van der Waals surface area contributed by atoms with Gasteiger partial charge >= 0.3 is 5.97 Å². The third-order valence-electron chi connectivity index (χ3n) is 7.30. The zero-order valence-corrected chi connectivity index (χ0v) is 18.6. The highest BCUT2D eigenvalue weighted by Gasteiger charge is 2.42. The molecule has 4 rings (SSSR count). The molecular weight excluding hydrogens is 400 g/mol. The van der Waals surface area contributed by atoms with Gasteiger partial charge in [0.15, 0.2) is 0 Å². The maximum absolute atomic E-state index is 10.9. The van der Waals surface area contributed by atoms with Crippen LogP contribution in [0, 0.1) is 22.7 Å². The van der Waals surface area contributed by atoms with Crippen molar-refractivity contribution in [3.8, 4) is 11.8 Å². The van der Waals surface area contributed by atoms with E-state index in [-0.39, 0.29) is 11.8 Å². The van der Waals surface area contributed by atoms with E-state index in [2.05, 4.69) is 41.3 Å². The summed E-state index contributed by atoms with van der Waals surface area (Å²) >= 11 is 0. The first-order valence-electron chi connectivity index (χ1n) is 11.7. The molecule has 1 N–H and O–H groups in total. The zero-order valence-electron chi connectivity index (χ0n) is 18.6. The molecule has 0 bridgehead atoms. The number of piperidine rings is 1. The van der Waals surface area contributed by atoms with Gasteiger partial charge in [-0.2, -0.15) is 5.26 Å². The highest BCUT2D eigenvalue weighted by atomic mass is 16.5. The number of ether oxygens (including phenoxy) is 1. The molecule has 0 aromatic heterocycles. The Morgan fingerprint density at radius 2 is 1.84 bits per heavy atom. The molecular formula is C27H32N2O3. The van der Waals surface area contributed by atoms with Crippen LogP contribution in [0.3, 0.4) is 0 Å². The van der Waals surface area contributed by atoms with E-state index in [0.29, 0.717) is 30.4 Å². The van der Waals surface area contributed by atoms with Gasteiger partial charge in [-0.25, -0.2) is 0 Å². The van der Waals surface area contributed by atoms with Gasteiger partial charge < -0.3 is 14.7 Å². The number of aliphatic carboxylic acids is 1. The number of hydrogen-bond acceptors (Lipinski definition) is 4. The monoisotopic (exact) mass is 432 g/mol. The predicted molar refractivity (Wildman–Crippen MR) is 124 cm³/mol. The van der Waals surface area contributed by atoms with Gasteiger partial charge in [0.25, 0.3) is 0 Å². The molecule has 5 nitrogen and oxygen atoms in total. The Labute approximate surface area is 190 Å². The second-order valence-electron chi connectivity index (χ2n) is 9.43. The molecule has 1 aliphatic heterocycles. The molecule has 1 aliphatic carbocycles. The first-order valence-corrected chi connectivity index (χ1v) is 11.7. The number of para-hydroxylation sites is 1. The normalized spacial score (nSPS) is 22.1. The first-order chi connectivity index (χ1) is 15.6. The van der Waals surface area contributed by atoms with Crippen molar-refractivity contribution in [2.45, 2.75) is 44.4 Å². The summed E-state index contributed by atoms with van der Waals surface area (Å²) in [4.78, 5) is 13.2. The summed E-state index contributed by atoms with van der Waals surface area (Å²) in [6, 6.07) is 20.5. The van der Waals surface area contributed by atoms with Crippen molar-refractivity contribution in [2.75, 3.05) is 26.2 Å². The van der Waals surface area contributed by atoms with Crippen LogP contribution in [-0.4, -0.2) is 42.2 Å². The number of rotatable bonds is 10. The Hall–Kier alpha value is -2.84. The van der Waals surface area contributed by atoms with E-state index in [1.54, 1.807) is 6.07 Å². The summed E-state index contributed by atoms with van der Waals surface area (Å²) in [6.45, 7) is 3.04. The lowest BCUT2D eigenvalue weighted by Crippen LogP contribution is -2.43. The highest BCUT2D eigenvalue weighted by molar-refractivity contribution is 5.66. The largest absolute Gasteiger partial charge is 0.492 e. The van der Waals surface area contributed by atoms with Gasteiger partial charge in [0.05, 0.1) is 18.6 Å².